The molecule has 4 nitrogen and oxygen atoms in total. The van der Waals surface area contributed by atoms with E-state index >= 15 is 0 Å². The highest BCUT2D eigenvalue weighted by molar-refractivity contribution is 7.16. The van der Waals surface area contributed by atoms with Gasteiger partial charge in [0.25, 0.3) is 0 Å². The summed E-state index contributed by atoms with van der Waals surface area (Å²) in [6.07, 6.45) is 3.01. The van der Waals surface area contributed by atoms with E-state index in [1.165, 1.54) is 4.88 Å². The highest BCUT2D eigenvalue weighted by Crippen LogP contribution is 2.42. The molecule has 2 saturated heterocycles. The third-order valence-electron chi connectivity index (χ3n) is 4.15. The number of rotatable bonds is 3. The minimum absolute atomic E-state index is 0.0843. The van der Waals surface area contributed by atoms with Crippen LogP contribution in [0.15, 0.2) is 12.1 Å². The number of halogens is 1. The molecule has 1 spiro atoms. The standard InChI is InChI=1S/C13H19ClN2O2S/c14-11-2-1-10(19-11)12(16-15)9-3-5-18-13(7-9)4-6-17-8-13/h1-2,9,12,16H,3-8,15H2. The molecule has 0 amide bonds. The van der Waals surface area contributed by atoms with Crippen molar-refractivity contribution in [1.82, 2.24) is 5.43 Å². The van der Waals surface area contributed by atoms with E-state index in [1.807, 2.05) is 6.07 Å². The Hall–Kier alpha value is -0.170. The number of hydrogen-bond acceptors (Lipinski definition) is 5. The lowest BCUT2D eigenvalue weighted by atomic mass is 9.81. The first kappa shape index (κ1) is 13.8. The number of nitrogens with two attached hydrogens (primary N) is 1. The molecule has 19 heavy (non-hydrogen) atoms. The summed E-state index contributed by atoms with van der Waals surface area (Å²) < 4.78 is 12.3. The normalized spacial score (nSPS) is 32.8. The van der Waals surface area contributed by atoms with Crippen LogP contribution in [0.1, 0.15) is 30.2 Å². The fourth-order valence-electron chi connectivity index (χ4n) is 3.16. The summed E-state index contributed by atoms with van der Waals surface area (Å²) in [6.45, 7) is 2.30. The van der Waals surface area contributed by atoms with Crippen LogP contribution in [0.2, 0.25) is 4.34 Å². The Balaban J connectivity index is 1.76. The fraction of sp³-hybridized carbons (Fsp3) is 0.692. The van der Waals surface area contributed by atoms with Gasteiger partial charge >= 0.3 is 0 Å². The summed E-state index contributed by atoms with van der Waals surface area (Å²) in [5.74, 6) is 6.24. The predicted octanol–water partition coefficient (Wildman–Crippen LogP) is 2.49. The van der Waals surface area contributed by atoms with Crippen LogP contribution >= 0.6 is 22.9 Å². The number of hydrogen-bond donors (Lipinski definition) is 2. The Labute approximate surface area is 122 Å². The second kappa shape index (κ2) is 5.68. The Kier molecular flexibility index (Phi) is 4.12. The van der Waals surface area contributed by atoms with E-state index < -0.39 is 0 Å². The summed E-state index contributed by atoms with van der Waals surface area (Å²) in [5.41, 5.74) is 2.88. The minimum Gasteiger partial charge on any atom is -0.378 e. The molecule has 0 saturated carbocycles. The van der Waals surface area contributed by atoms with E-state index in [4.69, 9.17) is 26.9 Å². The first-order valence-corrected chi connectivity index (χ1v) is 7.85. The van der Waals surface area contributed by atoms with Crippen LogP contribution in [0, 0.1) is 5.92 Å². The topological polar surface area (TPSA) is 56.5 Å². The van der Waals surface area contributed by atoms with Crippen LogP contribution in [0.4, 0.5) is 0 Å². The van der Waals surface area contributed by atoms with Gasteiger partial charge in [0, 0.05) is 24.5 Å². The summed E-state index contributed by atoms with van der Waals surface area (Å²) in [5, 5.41) is 0. The molecule has 6 heteroatoms. The number of thiophene rings is 1. The summed E-state index contributed by atoms with van der Waals surface area (Å²) in [6, 6.07) is 4.14. The van der Waals surface area contributed by atoms with Crippen molar-refractivity contribution in [3.8, 4) is 0 Å². The van der Waals surface area contributed by atoms with Crippen LogP contribution in [0.5, 0.6) is 0 Å². The van der Waals surface area contributed by atoms with Crippen molar-refractivity contribution < 1.29 is 9.47 Å². The fourth-order valence-corrected chi connectivity index (χ4v) is 4.37. The third-order valence-corrected chi connectivity index (χ3v) is 5.46. The number of ether oxygens (including phenoxy) is 2. The monoisotopic (exact) mass is 302 g/mol. The van der Waals surface area contributed by atoms with Gasteiger partial charge in [-0.25, -0.2) is 0 Å². The largest absolute Gasteiger partial charge is 0.378 e. The van der Waals surface area contributed by atoms with Gasteiger partial charge in [-0.1, -0.05) is 11.6 Å². The van der Waals surface area contributed by atoms with Crippen molar-refractivity contribution in [2.45, 2.75) is 30.9 Å². The second-order valence-electron chi connectivity index (χ2n) is 5.37. The molecule has 3 unspecified atom stereocenters. The lowest BCUT2D eigenvalue weighted by molar-refractivity contribution is -0.103. The second-order valence-corrected chi connectivity index (χ2v) is 7.12. The molecule has 2 fully saturated rings. The Bertz CT molecular complexity index is 434. The zero-order valence-electron chi connectivity index (χ0n) is 10.7. The smallest absolute Gasteiger partial charge is 0.0940 e. The van der Waals surface area contributed by atoms with E-state index in [2.05, 4.69) is 11.5 Å². The molecule has 0 radical (unpaired) electrons. The van der Waals surface area contributed by atoms with Gasteiger partial charge in [-0.05, 0) is 30.9 Å². The molecule has 3 N–H and O–H groups in total. The molecule has 2 aliphatic rings. The molecule has 2 aliphatic heterocycles. The number of nitrogens with one attached hydrogen (secondary N) is 1. The third kappa shape index (κ3) is 2.82. The predicted molar refractivity (Wildman–Crippen MR) is 76.2 cm³/mol. The van der Waals surface area contributed by atoms with Gasteiger partial charge in [-0.2, -0.15) is 0 Å². The first-order valence-electron chi connectivity index (χ1n) is 6.65. The SMILES string of the molecule is NNC(c1ccc(Cl)s1)C1CCOC2(CCOC2)C1. The van der Waals surface area contributed by atoms with Crippen molar-refractivity contribution in [3.05, 3.63) is 21.3 Å². The van der Waals surface area contributed by atoms with Crippen LogP contribution in [0.3, 0.4) is 0 Å². The average Bonchev–Trinajstić information content (AvgIpc) is 3.01. The van der Waals surface area contributed by atoms with Gasteiger partial charge in [-0.15, -0.1) is 11.3 Å². The van der Waals surface area contributed by atoms with Gasteiger partial charge in [-0.3, -0.25) is 11.3 Å². The van der Waals surface area contributed by atoms with E-state index in [9.17, 15) is 0 Å². The molecule has 106 valence electrons. The van der Waals surface area contributed by atoms with Crippen molar-refractivity contribution in [1.29, 1.82) is 0 Å². The zero-order valence-corrected chi connectivity index (χ0v) is 12.3. The van der Waals surface area contributed by atoms with Gasteiger partial charge in [0.05, 0.1) is 22.6 Å². The quantitative estimate of drug-likeness (QED) is 0.665. The maximum Gasteiger partial charge on any atom is 0.0940 e. The lowest BCUT2D eigenvalue weighted by Gasteiger charge is -2.40. The van der Waals surface area contributed by atoms with Crippen molar-refractivity contribution in [2.24, 2.45) is 11.8 Å². The summed E-state index contributed by atoms with van der Waals surface area (Å²) in [4.78, 5) is 1.20. The molecule has 0 aromatic carbocycles. The van der Waals surface area contributed by atoms with Gasteiger partial charge in [0.1, 0.15) is 0 Å². The molecular weight excluding hydrogens is 284 g/mol. The molecule has 0 bridgehead atoms. The molecular formula is C13H19ClN2O2S. The van der Waals surface area contributed by atoms with Gasteiger partial charge < -0.3 is 9.47 Å². The van der Waals surface area contributed by atoms with Gasteiger partial charge in [0.2, 0.25) is 0 Å². The van der Waals surface area contributed by atoms with Crippen LogP contribution in [0.25, 0.3) is 0 Å². The van der Waals surface area contributed by atoms with Gasteiger partial charge in [0.15, 0.2) is 0 Å². The van der Waals surface area contributed by atoms with Crippen molar-refractivity contribution >= 4 is 22.9 Å². The Morgan fingerprint density at radius 2 is 2.37 bits per heavy atom. The highest BCUT2D eigenvalue weighted by Gasteiger charge is 2.43. The Morgan fingerprint density at radius 3 is 3.00 bits per heavy atom. The van der Waals surface area contributed by atoms with E-state index in [1.54, 1.807) is 11.3 Å². The molecule has 3 rings (SSSR count). The summed E-state index contributed by atoms with van der Waals surface area (Å²) in [7, 11) is 0. The molecule has 3 atom stereocenters. The minimum atomic E-state index is -0.0843. The van der Waals surface area contributed by atoms with E-state index in [0.29, 0.717) is 12.5 Å². The lowest BCUT2D eigenvalue weighted by Crippen LogP contribution is -2.45. The zero-order chi connectivity index (χ0) is 13.3. The molecule has 0 aliphatic carbocycles. The van der Waals surface area contributed by atoms with Crippen molar-refractivity contribution in [2.75, 3.05) is 19.8 Å². The Morgan fingerprint density at radius 1 is 1.47 bits per heavy atom. The van der Waals surface area contributed by atoms with E-state index in [-0.39, 0.29) is 11.6 Å². The molecule has 1 aromatic rings. The van der Waals surface area contributed by atoms with Crippen LogP contribution in [-0.2, 0) is 9.47 Å². The van der Waals surface area contributed by atoms with Crippen LogP contribution < -0.4 is 11.3 Å². The van der Waals surface area contributed by atoms with Crippen LogP contribution in [-0.4, -0.2) is 25.4 Å². The average molecular weight is 303 g/mol. The number of hydrazine groups is 1. The summed E-state index contributed by atoms with van der Waals surface area (Å²) >= 11 is 7.62. The maximum atomic E-state index is 6.03. The molecule has 3 heterocycles. The van der Waals surface area contributed by atoms with E-state index in [0.717, 1.165) is 36.8 Å². The highest BCUT2D eigenvalue weighted by atomic mass is 35.5. The first-order chi connectivity index (χ1) is 9.22. The van der Waals surface area contributed by atoms with Crippen molar-refractivity contribution in [3.63, 3.8) is 0 Å². The molecule has 1 aromatic heterocycles. The maximum absolute atomic E-state index is 6.03.